The van der Waals surface area contributed by atoms with E-state index in [-0.39, 0.29) is 0 Å². The molecule has 13 aromatic rings. The minimum absolute atomic E-state index is 0.696. The maximum atomic E-state index is 5.49. The quantitative estimate of drug-likeness (QED) is 0.150. The van der Waals surface area contributed by atoms with Crippen molar-refractivity contribution in [1.82, 2.24) is 23.7 Å². The lowest BCUT2D eigenvalue weighted by Gasteiger charge is -2.17. The van der Waals surface area contributed by atoms with Crippen molar-refractivity contribution in [2.24, 2.45) is 0 Å². The molecule has 0 bridgehead atoms. The number of fused-ring (bicyclic) bond motifs is 9. The molecule has 0 atom stereocenters. The van der Waals surface area contributed by atoms with Gasteiger partial charge in [0.15, 0.2) is 5.82 Å². The van der Waals surface area contributed by atoms with Crippen molar-refractivity contribution in [2.75, 3.05) is 0 Å². The standard InChI is InChI=1S/C61H45N5Si/c1-67(2,3)46-34-30-41(31-35-46)61-62-53(40-28-32-43(33-29-40)64-55-22-10-4-16-47(55)48-17-5-11-23-56(48)64)39-54(63-61)42-36-44(65-57-24-12-6-18-49(57)50-19-7-13-25-58(50)65)38-45(37-42)66-59-26-14-8-20-51(59)52-21-9-15-27-60(52)66/h4-39H,1-3H3. The highest BCUT2D eigenvalue weighted by molar-refractivity contribution is 6.88. The van der Waals surface area contributed by atoms with Crippen molar-refractivity contribution < 1.29 is 0 Å². The molecule has 0 fully saturated rings. The van der Waals surface area contributed by atoms with Crippen LogP contribution in [0.2, 0.25) is 19.6 Å². The molecule has 67 heavy (non-hydrogen) atoms. The average Bonchev–Trinajstić information content (AvgIpc) is 4.02. The molecule has 13 rings (SSSR count). The van der Waals surface area contributed by atoms with Gasteiger partial charge in [-0.15, -0.1) is 0 Å². The van der Waals surface area contributed by atoms with E-state index in [9.17, 15) is 0 Å². The molecule has 0 saturated carbocycles. The summed E-state index contributed by atoms with van der Waals surface area (Å²) in [4.78, 5) is 10.9. The van der Waals surface area contributed by atoms with Crippen LogP contribution < -0.4 is 5.19 Å². The van der Waals surface area contributed by atoms with E-state index in [1.54, 1.807) is 0 Å². The summed E-state index contributed by atoms with van der Waals surface area (Å²) in [6, 6.07) is 79.2. The summed E-state index contributed by atoms with van der Waals surface area (Å²) < 4.78 is 7.19. The molecule has 318 valence electrons. The van der Waals surface area contributed by atoms with Gasteiger partial charge in [0.2, 0.25) is 0 Å². The third-order valence-electron chi connectivity index (χ3n) is 13.6. The Morgan fingerprint density at radius 1 is 0.299 bits per heavy atom. The summed E-state index contributed by atoms with van der Waals surface area (Å²) in [5.74, 6) is 0.696. The van der Waals surface area contributed by atoms with Crippen LogP contribution in [0.5, 0.6) is 0 Å². The Kier molecular flexibility index (Phi) is 8.82. The molecular formula is C61H45N5Si. The van der Waals surface area contributed by atoms with Crippen molar-refractivity contribution >= 4 is 78.7 Å². The fourth-order valence-corrected chi connectivity index (χ4v) is 11.5. The second kappa shape index (κ2) is 15.1. The molecule has 9 aromatic carbocycles. The van der Waals surface area contributed by atoms with Crippen molar-refractivity contribution in [1.29, 1.82) is 0 Å². The van der Waals surface area contributed by atoms with Gasteiger partial charge in [0, 0.05) is 66.1 Å². The number of aromatic nitrogens is 5. The number of hydrogen-bond donors (Lipinski definition) is 0. The van der Waals surface area contributed by atoms with Crippen molar-refractivity contribution in [2.45, 2.75) is 19.6 Å². The normalized spacial score (nSPS) is 12.1. The van der Waals surface area contributed by atoms with E-state index in [1.165, 1.54) is 48.5 Å². The molecule has 6 heteroatoms. The highest BCUT2D eigenvalue weighted by atomic mass is 28.3. The third-order valence-corrected chi connectivity index (χ3v) is 15.7. The SMILES string of the molecule is C[Si](C)(C)c1ccc(-c2nc(-c3ccc(-n4c5ccccc5c5ccccc54)cc3)cc(-c3cc(-n4c5ccccc5c5ccccc54)cc(-n4c5ccccc5c5ccccc54)c3)n2)cc1. The van der Waals surface area contributed by atoms with E-state index >= 15 is 0 Å². The van der Waals surface area contributed by atoms with E-state index in [2.05, 4.69) is 252 Å². The zero-order chi connectivity index (χ0) is 44.8. The van der Waals surface area contributed by atoms with Crippen LogP contribution in [0.1, 0.15) is 0 Å². The first-order valence-corrected chi connectivity index (χ1v) is 26.6. The number of hydrogen-bond acceptors (Lipinski definition) is 2. The fraction of sp³-hybridized carbons (Fsp3) is 0.0492. The minimum atomic E-state index is -1.54. The van der Waals surface area contributed by atoms with Crippen LogP contribution in [0.25, 0.3) is 116 Å². The van der Waals surface area contributed by atoms with Crippen LogP contribution in [-0.2, 0) is 0 Å². The van der Waals surface area contributed by atoms with Gasteiger partial charge in [0.1, 0.15) is 0 Å². The Morgan fingerprint density at radius 2 is 0.627 bits per heavy atom. The van der Waals surface area contributed by atoms with Crippen LogP contribution in [0.15, 0.2) is 218 Å². The van der Waals surface area contributed by atoms with E-state index in [0.717, 1.165) is 67.2 Å². The van der Waals surface area contributed by atoms with Crippen molar-refractivity contribution in [3.05, 3.63) is 218 Å². The largest absolute Gasteiger partial charge is 0.309 e. The van der Waals surface area contributed by atoms with Gasteiger partial charge in [0.25, 0.3) is 0 Å². The van der Waals surface area contributed by atoms with Crippen LogP contribution in [-0.4, -0.2) is 31.7 Å². The second-order valence-corrected chi connectivity index (χ2v) is 23.8. The van der Waals surface area contributed by atoms with E-state index < -0.39 is 8.07 Å². The molecule has 0 saturated heterocycles. The highest BCUT2D eigenvalue weighted by Crippen LogP contribution is 2.39. The zero-order valence-electron chi connectivity index (χ0n) is 37.5. The summed E-state index contributed by atoms with van der Waals surface area (Å²) in [5, 5.41) is 8.79. The van der Waals surface area contributed by atoms with Crippen LogP contribution in [0.3, 0.4) is 0 Å². The molecule has 0 radical (unpaired) electrons. The maximum Gasteiger partial charge on any atom is 0.160 e. The van der Waals surface area contributed by atoms with Gasteiger partial charge in [0.05, 0.1) is 52.6 Å². The molecule has 0 aliphatic rings. The lowest BCUT2D eigenvalue weighted by atomic mass is 10.0. The Bertz CT molecular complexity index is 3780. The molecule has 0 spiro atoms. The molecule has 0 aliphatic carbocycles. The first-order chi connectivity index (χ1) is 32.9. The lowest BCUT2D eigenvalue weighted by molar-refractivity contribution is 1.13. The Balaban J connectivity index is 1.05. The molecule has 0 aliphatic heterocycles. The van der Waals surface area contributed by atoms with E-state index in [1.807, 2.05) is 0 Å². The van der Waals surface area contributed by atoms with Gasteiger partial charge < -0.3 is 13.7 Å². The Morgan fingerprint density at radius 3 is 1.00 bits per heavy atom. The van der Waals surface area contributed by atoms with Crippen LogP contribution >= 0.6 is 0 Å². The second-order valence-electron chi connectivity index (χ2n) is 18.7. The van der Waals surface area contributed by atoms with Gasteiger partial charge in [-0.1, -0.05) is 170 Å². The predicted molar refractivity (Wildman–Crippen MR) is 284 cm³/mol. The monoisotopic (exact) mass is 875 g/mol. The molecule has 5 nitrogen and oxygen atoms in total. The third kappa shape index (κ3) is 6.36. The molecule has 4 aromatic heterocycles. The summed E-state index contributed by atoms with van der Waals surface area (Å²) in [6.45, 7) is 7.16. The zero-order valence-corrected chi connectivity index (χ0v) is 38.5. The topological polar surface area (TPSA) is 40.6 Å². The van der Waals surface area contributed by atoms with E-state index in [4.69, 9.17) is 9.97 Å². The van der Waals surface area contributed by atoms with Gasteiger partial charge in [-0.2, -0.15) is 0 Å². The van der Waals surface area contributed by atoms with Gasteiger partial charge in [-0.3, -0.25) is 0 Å². The van der Waals surface area contributed by atoms with Crippen molar-refractivity contribution in [3.8, 4) is 51.0 Å². The number of rotatable bonds is 7. The average molecular weight is 876 g/mol. The van der Waals surface area contributed by atoms with Crippen LogP contribution in [0, 0.1) is 0 Å². The predicted octanol–water partition coefficient (Wildman–Crippen LogP) is 15.3. The number of benzene rings is 9. The highest BCUT2D eigenvalue weighted by Gasteiger charge is 2.21. The van der Waals surface area contributed by atoms with Crippen LogP contribution in [0.4, 0.5) is 0 Å². The first kappa shape index (κ1) is 39.1. The number of nitrogens with zero attached hydrogens (tertiary/aromatic N) is 5. The van der Waals surface area contributed by atoms with Gasteiger partial charge in [-0.05, 0) is 72.8 Å². The summed E-state index contributed by atoms with van der Waals surface area (Å²) in [5.41, 5.74) is 15.0. The van der Waals surface area contributed by atoms with Gasteiger partial charge in [-0.25, -0.2) is 9.97 Å². The fourth-order valence-electron chi connectivity index (χ4n) is 10.4. The summed E-state index contributed by atoms with van der Waals surface area (Å²) >= 11 is 0. The molecule has 0 N–H and O–H groups in total. The van der Waals surface area contributed by atoms with Crippen molar-refractivity contribution in [3.63, 3.8) is 0 Å². The molecule has 4 heterocycles. The molecule has 0 unspecified atom stereocenters. The number of para-hydroxylation sites is 6. The Hall–Kier alpha value is -8.32. The molecular weight excluding hydrogens is 831 g/mol. The summed E-state index contributed by atoms with van der Waals surface area (Å²) in [6.07, 6.45) is 0. The lowest BCUT2D eigenvalue weighted by Crippen LogP contribution is -2.37. The minimum Gasteiger partial charge on any atom is -0.309 e. The van der Waals surface area contributed by atoms with E-state index in [0.29, 0.717) is 5.82 Å². The first-order valence-electron chi connectivity index (χ1n) is 23.1. The smallest absolute Gasteiger partial charge is 0.160 e. The molecule has 0 amide bonds. The Labute approximate surface area is 389 Å². The summed E-state index contributed by atoms with van der Waals surface area (Å²) in [7, 11) is -1.54. The van der Waals surface area contributed by atoms with Gasteiger partial charge >= 0.3 is 0 Å². The maximum absolute atomic E-state index is 5.49.